The number of amides is 1. The molecule has 0 aliphatic heterocycles. The Morgan fingerprint density at radius 2 is 1.76 bits per heavy atom. The van der Waals surface area contributed by atoms with Crippen LogP contribution in [0.1, 0.15) is 30.7 Å². The van der Waals surface area contributed by atoms with E-state index in [-0.39, 0.29) is 23.9 Å². The summed E-state index contributed by atoms with van der Waals surface area (Å²) < 4.78 is 0. The number of halogens is 1. The summed E-state index contributed by atoms with van der Waals surface area (Å²) in [6.45, 7) is 1.79. The van der Waals surface area contributed by atoms with Crippen LogP contribution < -0.4 is 11.3 Å². The minimum atomic E-state index is -0.138. The number of aryl methyl sites for hydroxylation is 1. The van der Waals surface area contributed by atoms with Gasteiger partial charge in [-0.05, 0) is 37.1 Å². The van der Waals surface area contributed by atoms with Gasteiger partial charge in [0, 0.05) is 25.9 Å². The minimum absolute atomic E-state index is 0. The molecule has 1 aromatic heterocycles. The van der Waals surface area contributed by atoms with Crippen molar-refractivity contribution < 1.29 is 4.79 Å². The molecule has 0 saturated heterocycles. The third kappa shape index (κ3) is 6.41. The van der Waals surface area contributed by atoms with Crippen molar-refractivity contribution in [3.63, 3.8) is 0 Å². The summed E-state index contributed by atoms with van der Waals surface area (Å²) in [6.07, 6.45) is 2.38. The molecule has 29 heavy (non-hydrogen) atoms. The maximum atomic E-state index is 12.7. The van der Waals surface area contributed by atoms with Gasteiger partial charge in [-0.1, -0.05) is 42.5 Å². The topological polar surface area (TPSA) is 92.1 Å². The third-order valence-corrected chi connectivity index (χ3v) is 4.67. The van der Waals surface area contributed by atoms with E-state index >= 15 is 0 Å². The van der Waals surface area contributed by atoms with Crippen molar-refractivity contribution in [3.8, 4) is 0 Å². The molecule has 154 valence electrons. The molecule has 0 atom stereocenters. The van der Waals surface area contributed by atoms with Gasteiger partial charge in [-0.2, -0.15) is 0 Å². The van der Waals surface area contributed by atoms with Gasteiger partial charge in [-0.3, -0.25) is 9.59 Å². The van der Waals surface area contributed by atoms with E-state index in [4.69, 9.17) is 5.73 Å². The van der Waals surface area contributed by atoms with Crippen molar-refractivity contribution in [2.75, 3.05) is 13.1 Å². The molecule has 3 aromatic rings. The van der Waals surface area contributed by atoms with Crippen LogP contribution in [0.3, 0.4) is 0 Å². The number of nitrogens with two attached hydrogens (primary N) is 1. The predicted molar refractivity (Wildman–Crippen MR) is 118 cm³/mol. The number of aromatic amines is 1. The number of H-pyrrole nitrogens is 1. The molecule has 1 amide bonds. The molecule has 0 unspecified atom stereocenters. The number of nitrogens with one attached hydrogen (secondary N) is 1. The number of carbonyl (C=O) groups excluding carboxylic acids is 1. The smallest absolute Gasteiger partial charge is 0.258 e. The van der Waals surface area contributed by atoms with Crippen molar-refractivity contribution in [1.29, 1.82) is 0 Å². The average Bonchev–Trinajstić information content (AvgIpc) is 2.72. The molecule has 6 nitrogen and oxygen atoms in total. The van der Waals surface area contributed by atoms with E-state index < -0.39 is 0 Å². The molecular formula is C22H27ClN4O2. The van der Waals surface area contributed by atoms with Crippen LogP contribution >= 0.6 is 12.4 Å². The van der Waals surface area contributed by atoms with Gasteiger partial charge < -0.3 is 15.6 Å². The second-order valence-electron chi connectivity index (χ2n) is 6.83. The van der Waals surface area contributed by atoms with Crippen LogP contribution in [0.15, 0.2) is 59.4 Å². The van der Waals surface area contributed by atoms with E-state index in [1.807, 2.05) is 53.4 Å². The molecule has 0 spiro atoms. The molecule has 0 bridgehead atoms. The highest BCUT2D eigenvalue weighted by Crippen LogP contribution is 2.10. The Balaban J connectivity index is 0.00000300. The lowest BCUT2D eigenvalue weighted by Crippen LogP contribution is -2.32. The van der Waals surface area contributed by atoms with Crippen LogP contribution in [0.2, 0.25) is 0 Å². The van der Waals surface area contributed by atoms with Gasteiger partial charge in [0.15, 0.2) is 0 Å². The third-order valence-electron chi connectivity index (χ3n) is 4.67. The number of nitrogens with zero attached hydrogens (tertiary/aromatic N) is 2. The van der Waals surface area contributed by atoms with Gasteiger partial charge in [0.2, 0.25) is 5.91 Å². The van der Waals surface area contributed by atoms with Crippen LogP contribution in [0, 0.1) is 0 Å². The van der Waals surface area contributed by atoms with Crippen LogP contribution in [0.4, 0.5) is 0 Å². The minimum Gasteiger partial charge on any atom is -0.338 e. The zero-order valence-corrected chi connectivity index (χ0v) is 17.2. The van der Waals surface area contributed by atoms with Crippen molar-refractivity contribution in [1.82, 2.24) is 14.9 Å². The van der Waals surface area contributed by atoms with E-state index in [1.165, 1.54) is 0 Å². The second kappa shape index (κ2) is 11.3. The molecule has 3 rings (SSSR count). The molecule has 0 saturated carbocycles. The maximum Gasteiger partial charge on any atom is 0.258 e. The Morgan fingerprint density at radius 1 is 1.03 bits per heavy atom. The fraction of sp³-hybridized carbons (Fsp3) is 0.318. The molecule has 2 aromatic carbocycles. The van der Waals surface area contributed by atoms with Crippen molar-refractivity contribution >= 4 is 29.2 Å². The summed E-state index contributed by atoms with van der Waals surface area (Å²) in [4.78, 5) is 34.0. The fourth-order valence-corrected chi connectivity index (χ4v) is 3.20. The van der Waals surface area contributed by atoms with Crippen LogP contribution in [-0.4, -0.2) is 33.9 Å². The van der Waals surface area contributed by atoms with E-state index in [0.29, 0.717) is 55.6 Å². The van der Waals surface area contributed by atoms with Crippen molar-refractivity contribution in [2.45, 2.75) is 32.2 Å². The number of hydrogen-bond donors (Lipinski definition) is 2. The van der Waals surface area contributed by atoms with E-state index in [1.54, 1.807) is 6.07 Å². The lowest BCUT2D eigenvalue weighted by molar-refractivity contribution is -0.132. The lowest BCUT2D eigenvalue weighted by Gasteiger charge is -2.22. The Labute approximate surface area is 176 Å². The standard InChI is InChI=1S/C22H26N4O2.ClH/c23-14-7-15-26(16-17-8-2-1-3-9-17)21(27)13-6-12-20-24-19-11-5-4-10-18(19)22(28)25-20;/h1-5,8-11H,6-7,12-16,23H2,(H,24,25,28);1H. The van der Waals surface area contributed by atoms with E-state index in [2.05, 4.69) is 9.97 Å². The second-order valence-corrected chi connectivity index (χ2v) is 6.83. The van der Waals surface area contributed by atoms with Gasteiger partial charge in [0.05, 0.1) is 10.9 Å². The van der Waals surface area contributed by atoms with Gasteiger partial charge in [0.1, 0.15) is 5.82 Å². The van der Waals surface area contributed by atoms with Crippen LogP contribution in [0.25, 0.3) is 10.9 Å². The molecule has 0 radical (unpaired) electrons. The summed E-state index contributed by atoms with van der Waals surface area (Å²) >= 11 is 0. The Morgan fingerprint density at radius 3 is 2.52 bits per heavy atom. The predicted octanol–water partition coefficient (Wildman–Crippen LogP) is 3.05. The summed E-state index contributed by atoms with van der Waals surface area (Å²) in [5.41, 5.74) is 7.27. The Kier molecular flexibility index (Phi) is 8.83. The summed E-state index contributed by atoms with van der Waals surface area (Å²) in [7, 11) is 0. The highest BCUT2D eigenvalue weighted by molar-refractivity contribution is 5.85. The first-order valence-corrected chi connectivity index (χ1v) is 9.67. The number of hydrogen-bond acceptors (Lipinski definition) is 4. The maximum absolute atomic E-state index is 12.7. The Bertz CT molecular complexity index is 975. The normalized spacial score (nSPS) is 10.5. The molecule has 0 aliphatic carbocycles. The van der Waals surface area contributed by atoms with Crippen molar-refractivity contribution in [2.24, 2.45) is 5.73 Å². The first-order valence-electron chi connectivity index (χ1n) is 9.67. The summed E-state index contributed by atoms with van der Waals surface area (Å²) in [6, 6.07) is 17.2. The monoisotopic (exact) mass is 414 g/mol. The number of benzene rings is 2. The van der Waals surface area contributed by atoms with Crippen LogP contribution in [0.5, 0.6) is 0 Å². The van der Waals surface area contributed by atoms with Gasteiger partial charge in [-0.25, -0.2) is 4.98 Å². The number of aromatic nitrogens is 2. The highest BCUT2D eigenvalue weighted by Gasteiger charge is 2.14. The zero-order valence-electron chi connectivity index (χ0n) is 16.3. The molecule has 0 fully saturated rings. The molecule has 7 heteroatoms. The molecule has 1 heterocycles. The van der Waals surface area contributed by atoms with Crippen molar-refractivity contribution in [3.05, 3.63) is 76.3 Å². The lowest BCUT2D eigenvalue weighted by atomic mass is 10.1. The summed E-state index contributed by atoms with van der Waals surface area (Å²) in [5.74, 6) is 0.716. The first-order chi connectivity index (χ1) is 13.7. The largest absolute Gasteiger partial charge is 0.338 e. The Hall–Kier alpha value is -2.70. The molecule has 3 N–H and O–H groups in total. The highest BCUT2D eigenvalue weighted by atomic mass is 35.5. The van der Waals surface area contributed by atoms with Crippen LogP contribution in [-0.2, 0) is 17.8 Å². The number of fused-ring (bicyclic) bond motifs is 1. The molecule has 0 aliphatic rings. The quantitative estimate of drug-likeness (QED) is 0.562. The number of carbonyl (C=O) groups is 1. The van der Waals surface area contributed by atoms with Gasteiger partial charge >= 0.3 is 0 Å². The van der Waals surface area contributed by atoms with E-state index in [9.17, 15) is 9.59 Å². The van der Waals surface area contributed by atoms with E-state index in [0.717, 1.165) is 12.0 Å². The number of rotatable bonds is 9. The van der Waals surface area contributed by atoms with Gasteiger partial charge in [-0.15, -0.1) is 12.4 Å². The fourth-order valence-electron chi connectivity index (χ4n) is 3.20. The SMILES string of the molecule is Cl.NCCCN(Cc1ccccc1)C(=O)CCCc1nc2ccccc2c(=O)[nH]1. The summed E-state index contributed by atoms with van der Waals surface area (Å²) in [5, 5.41) is 0.582. The van der Waals surface area contributed by atoms with Gasteiger partial charge in [0.25, 0.3) is 5.56 Å². The average molecular weight is 415 g/mol. The number of para-hydroxylation sites is 1. The molecular weight excluding hydrogens is 388 g/mol. The zero-order chi connectivity index (χ0) is 19.8. The first kappa shape index (κ1) is 22.6.